The number of aromatic nitrogens is 4. The number of nitrogens with one attached hydrogen (secondary N) is 1. The predicted octanol–water partition coefficient (Wildman–Crippen LogP) is 4.75. The highest BCUT2D eigenvalue weighted by atomic mass is 35.5. The number of hydrogen-bond acceptors (Lipinski definition) is 6. The normalized spacial score (nSPS) is 11.5. The molecule has 3 N–H and O–H groups in total. The summed E-state index contributed by atoms with van der Waals surface area (Å²) < 4.78 is 0. The highest BCUT2D eigenvalue weighted by Crippen LogP contribution is 2.32. The number of anilines is 2. The molecule has 1 heterocycles. The van der Waals surface area contributed by atoms with E-state index in [2.05, 4.69) is 25.9 Å². The molecule has 0 saturated carbocycles. The third kappa shape index (κ3) is 4.59. The van der Waals surface area contributed by atoms with Crippen molar-refractivity contribution in [3.8, 4) is 11.4 Å². The summed E-state index contributed by atoms with van der Waals surface area (Å²) >= 11 is 12.5. The zero-order valence-corrected chi connectivity index (χ0v) is 17.2. The second-order valence-electron chi connectivity index (χ2n) is 6.41. The van der Waals surface area contributed by atoms with Crippen LogP contribution in [0.4, 0.5) is 11.4 Å². The van der Waals surface area contributed by atoms with E-state index >= 15 is 0 Å². The number of nitrogens with two attached hydrogens (primary N) is 1. The maximum Gasteiger partial charge on any atom is 0.204 e. The van der Waals surface area contributed by atoms with Gasteiger partial charge in [-0.05, 0) is 22.9 Å². The van der Waals surface area contributed by atoms with Gasteiger partial charge < -0.3 is 5.73 Å². The molecule has 9 heteroatoms. The third-order valence-electron chi connectivity index (χ3n) is 4.25. The Morgan fingerprint density at radius 2 is 1.60 bits per heavy atom. The minimum Gasteiger partial charge on any atom is -0.399 e. The fraction of sp³-hybridized carbons (Fsp3) is 0.0476. The second-order valence-corrected chi connectivity index (χ2v) is 7.22. The van der Waals surface area contributed by atoms with Crippen molar-refractivity contribution in [3.63, 3.8) is 0 Å². The first kappa shape index (κ1) is 19.9. The average Bonchev–Trinajstić information content (AvgIpc) is 3.22. The van der Waals surface area contributed by atoms with Gasteiger partial charge in [0.1, 0.15) is 6.54 Å². The Kier molecular flexibility index (Phi) is 5.92. The largest absolute Gasteiger partial charge is 0.399 e. The number of halogens is 2. The lowest BCUT2D eigenvalue weighted by atomic mass is 10.1. The van der Waals surface area contributed by atoms with Gasteiger partial charge >= 0.3 is 0 Å². The summed E-state index contributed by atoms with van der Waals surface area (Å²) in [6.45, 7) is 0.293. The molecule has 0 aliphatic rings. The molecular weight excluding hydrogens is 421 g/mol. The molecular formula is C21H17Cl2N7. The number of benzene rings is 3. The minimum absolute atomic E-state index is 0.293. The smallest absolute Gasteiger partial charge is 0.204 e. The zero-order valence-electron chi connectivity index (χ0n) is 15.7. The number of rotatable bonds is 6. The standard InChI is InChI=1S/C21H17Cl2N7/c22-17-11-16(24)12-18(23)20(17)26-25-19(14-7-3-1-4-8-14)13-30-28-21(27-29-30)15-9-5-2-6-10-15/h1-12,26H,13,24H2/b25-19-. The zero-order chi connectivity index (χ0) is 20.9. The molecule has 0 atom stereocenters. The molecule has 0 aliphatic heterocycles. The molecule has 7 nitrogen and oxygen atoms in total. The summed E-state index contributed by atoms with van der Waals surface area (Å²) in [6, 6.07) is 22.6. The van der Waals surface area contributed by atoms with E-state index < -0.39 is 0 Å². The van der Waals surface area contributed by atoms with Crippen molar-refractivity contribution < 1.29 is 0 Å². The number of nitrogen functional groups attached to an aromatic ring is 1. The summed E-state index contributed by atoms with van der Waals surface area (Å²) in [5.74, 6) is 0.542. The third-order valence-corrected chi connectivity index (χ3v) is 4.85. The van der Waals surface area contributed by atoms with E-state index in [9.17, 15) is 0 Å². The average molecular weight is 438 g/mol. The number of nitrogens with zero attached hydrogens (tertiary/aromatic N) is 5. The van der Waals surface area contributed by atoms with Crippen molar-refractivity contribution in [1.82, 2.24) is 20.2 Å². The Hall–Kier alpha value is -3.42. The number of hydrazone groups is 1. The Morgan fingerprint density at radius 3 is 2.27 bits per heavy atom. The van der Waals surface area contributed by atoms with Crippen LogP contribution in [-0.2, 0) is 6.54 Å². The van der Waals surface area contributed by atoms with Gasteiger partial charge in [0.25, 0.3) is 0 Å². The summed E-state index contributed by atoms with van der Waals surface area (Å²) in [7, 11) is 0. The van der Waals surface area contributed by atoms with Gasteiger partial charge in [0.2, 0.25) is 5.82 Å². The van der Waals surface area contributed by atoms with Crippen LogP contribution in [0.5, 0.6) is 0 Å². The lowest BCUT2D eigenvalue weighted by Gasteiger charge is -2.10. The SMILES string of the molecule is Nc1cc(Cl)c(N/N=C(/Cn2nnc(-c3ccccc3)n2)c2ccccc2)c(Cl)c1. The highest BCUT2D eigenvalue weighted by Gasteiger charge is 2.12. The van der Waals surface area contributed by atoms with Crippen LogP contribution in [0, 0.1) is 0 Å². The van der Waals surface area contributed by atoms with E-state index in [0.29, 0.717) is 39.5 Å². The summed E-state index contributed by atoms with van der Waals surface area (Å²) in [5.41, 5.74) is 12.1. The fourth-order valence-corrected chi connectivity index (χ4v) is 3.38. The molecule has 0 unspecified atom stereocenters. The van der Waals surface area contributed by atoms with E-state index in [1.165, 1.54) is 4.80 Å². The molecule has 0 fully saturated rings. The Balaban J connectivity index is 1.63. The molecule has 4 rings (SSSR count). The van der Waals surface area contributed by atoms with Crippen LogP contribution in [0.3, 0.4) is 0 Å². The van der Waals surface area contributed by atoms with Gasteiger partial charge in [-0.3, -0.25) is 5.43 Å². The van der Waals surface area contributed by atoms with Gasteiger partial charge in [0.15, 0.2) is 0 Å². The summed E-state index contributed by atoms with van der Waals surface area (Å²) in [6.07, 6.45) is 0. The second kappa shape index (κ2) is 8.94. The van der Waals surface area contributed by atoms with Gasteiger partial charge in [-0.25, -0.2) is 0 Å². The molecule has 0 spiro atoms. The van der Waals surface area contributed by atoms with Crippen LogP contribution >= 0.6 is 23.2 Å². The molecule has 0 aliphatic carbocycles. The van der Waals surface area contributed by atoms with Crippen LogP contribution < -0.4 is 11.2 Å². The number of tetrazole rings is 1. The van der Waals surface area contributed by atoms with Crippen LogP contribution in [0.15, 0.2) is 77.9 Å². The van der Waals surface area contributed by atoms with Crippen molar-refractivity contribution in [2.24, 2.45) is 5.10 Å². The van der Waals surface area contributed by atoms with E-state index in [4.69, 9.17) is 28.9 Å². The number of hydrogen-bond donors (Lipinski definition) is 2. The molecule has 150 valence electrons. The Morgan fingerprint density at radius 1 is 0.967 bits per heavy atom. The van der Waals surface area contributed by atoms with E-state index in [1.807, 2.05) is 60.7 Å². The van der Waals surface area contributed by atoms with Crippen LogP contribution in [0.25, 0.3) is 11.4 Å². The quantitative estimate of drug-likeness (QED) is 0.258. The van der Waals surface area contributed by atoms with Crippen LogP contribution in [-0.4, -0.2) is 25.9 Å². The Bertz CT molecular complexity index is 1150. The molecule has 4 aromatic rings. The van der Waals surface area contributed by atoms with Crippen molar-refractivity contribution in [1.29, 1.82) is 0 Å². The van der Waals surface area contributed by atoms with E-state index in [-0.39, 0.29) is 0 Å². The molecule has 0 bridgehead atoms. The predicted molar refractivity (Wildman–Crippen MR) is 121 cm³/mol. The van der Waals surface area contributed by atoms with Gasteiger partial charge in [0, 0.05) is 11.3 Å². The lowest BCUT2D eigenvalue weighted by Crippen LogP contribution is -2.16. The molecule has 30 heavy (non-hydrogen) atoms. The first-order valence-electron chi connectivity index (χ1n) is 9.06. The van der Waals surface area contributed by atoms with Crippen molar-refractivity contribution in [2.75, 3.05) is 11.2 Å². The topological polar surface area (TPSA) is 94.0 Å². The van der Waals surface area contributed by atoms with Crippen LogP contribution in [0.1, 0.15) is 5.56 Å². The maximum atomic E-state index is 6.26. The first-order valence-corrected chi connectivity index (χ1v) is 9.81. The minimum atomic E-state index is 0.293. The van der Waals surface area contributed by atoms with Crippen molar-refractivity contribution in [3.05, 3.63) is 88.4 Å². The maximum absolute atomic E-state index is 6.26. The lowest BCUT2D eigenvalue weighted by molar-refractivity contribution is 0.599. The van der Waals surface area contributed by atoms with Gasteiger partial charge in [-0.1, -0.05) is 83.9 Å². The molecule has 1 aromatic heterocycles. The fourth-order valence-electron chi connectivity index (χ4n) is 2.79. The van der Waals surface area contributed by atoms with Gasteiger partial charge in [-0.2, -0.15) is 9.90 Å². The monoisotopic (exact) mass is 437 g/mol. The molecule has 0 radical (unpaired) electrons. The van der Waals surface area contributed by atoms with E-state index in [1.54, 1.807) is 12.1 Å². The van der Waals surface area contributed by atoms with Gasteiger partial charge in [0.05, 0.1) is 21.4 Å². The molecule has 0 saturated heterocycles. The van der Waals surface area contributed by atoms with Gasteiger partial charge in [-0.15, -0.1) is 10.2 Å². The van der Waals surface area contributed by atoms with Crippen molar-refractivity contribution in [2.45, 2.75) is 6.54 Å². The van der Waals surface area contributed by atoms with E-state index in [0.717, 1.165) is 11.1 Å². The van der Waals surface area contributed by atoms with Crippen molar-refractivity contribution >= 4 is 40.3 Å². The van der Waals surface area contributed by atoms with Crippen LogP contribution in [0.2, 0.25) is 10.0 Å². The Labute approximate surface area is 183 Å². The summed E-state index contributed by atoms with van der Waals surface area (Å²) in [5, 5.41) is 18.0. The molecule has 0 amide bonds. The first-order chi connectivity index (χ1) is 14.6. The summed E-state index contributed by atoms with van der Waals surface area (Å²) in [4.78, 5) is 1.49. The molecule has 3 aromatic carbocycles. The highest BCUT2D eigenvalue weighted by molar-refractivity contribution is 6.39.